The number of hydrogen-bond donors (Lipinski definition) is 0. The summed E-state index contributed by atoms with van der Waals surface area (Å²) < 4.78 is 3.73. The summed E-state index contributed by atoms with van der Waals surface area (Å²) in [5, 5.41) is 8.87. The molecule has 0 spiro atoms. The topological polar surface area (TPSA) is 56.0 Å². The zero-order chi connectivity index (χ0) is 17.2. The van der Waals surface area contributed by atoms with Gasteiger partial charge in [0, 0.05) is 25.5 Å². The van der Waals surface area contributed by atoms with Gasteiger partial charge in [-0.25, -0.2) is 4.68 Å². The van der Waals surface area contributed by atoms with Crippen LogP contribution in [0.1, 0.15) is 34.9 Å². The van der Waals surface area contributed by atoms with Crippen LogP contribution in [-0.4, -0.2) is 43.5 Å². The van der Waals surface area contributed by atoms with Gasteiger partial charge in [0.1, 0.15) is 0 Å². The van der Waals surface area contributed by atoms with E-state index in [-0.39, 0.29) is 11.9 Å². The second kappa shape index (κ2) is 6.55. The first-order chi connectivity index (χ1) is 12.2. The molecule has 1 aliphatic heterocycles. The summed E-state index contributed by atoms with van der Waals surface area (Å²) in [6, 6.07) is 11.8. The fourth-order valence-electron chi connectivity index (χ4n) is 3.31. The maximum absolute atomic E-state index is 12.8. The van der Waals surface area contributed by atoms with Crippen molar-refractivity contribution in [3.8, 4) is 5.69 Å². The number of para-hydroxylation sites is 1. The van der Waals surface area contributed by atoms with Gasteiger partial charge in [0.05, 0.1) is 17.9 Å². The number of carbonyl (C=O) groups excluding carboxylic acids is 1. The van der Waals surface area contributed by atoms with Gasteiger partial charge in [0.2, 0.25) is 0 Å². The molecule has 3 heterocycles. The molecule has 1 amide bonds. The maximum Gasteiger partial charge on any atom is 0.274 e. The minimum absolute atomic E-state index is 0.0109. The quantitative estimate of drug-likeness (QED) is 0.739. The van der Waals surface area contributed by atoms with Crippen LogP contribution in [-0.2, 0) is 0 Å². The highest BCUT2D eigenvalue weighted by Gasteiger charge is 2.27. The van der Waals surface area contributed by atoms with Crippen LogP contribution in [0.5, 0.6) is 0 Å². The van der Waals surface area contributed by atoms with Gasteiger partial charge in [-0.3, -0.25) is 9.48 Å². The summed E-state index contributed by atoms with van der Waals surface area (Å²) in [6.07, 6.45) is 7.77. The van der Waals surface area contributed by atoms with Crippen LogP contribution in [0.15, 0.2) is 55.0 Å². The number of likely N-dealkylation sites (tertiary alicyclic amines) is 1. The third kappa shape index (κ3) is 3.20. The van der Waals surface area contributed by atoms with Crippen molar-refractivity contribution in [1.82, 2.24) is 24.5 Å². The minimum atomic E-state index is -0.0109. The van der Waals surface area contributed by atoms with Gasteiger partial charge >= 0.3 is 0 Å². The molecule has 6 nitrogen and oxygen atoms in total. The number of nitrogens with zero attached hydrogens (tertiary/aromatic N) is 5. The Bertz CT molecular complexity index is 867. The summed E-state index contributed by atoms with van der Waals surface area (Å²) in [6.45, 7) is 3.48. The van der Waals surface area contributed by atoms with E-state index >= 15 is 0 Å². The van der Waals surface area contributed by atoms with Gasteiger partial charge in [-0.05, 0) is 43.5 Å². The summed E-state index contributed by atoms with van der Waals surface area (Å²) in [4.78, 5) is 14.7. The second-order valence-electron chi connectivity index (χ2n) is 6.53. The molecule has 0 aliphatic carbocycles. The number of hydrogen-bond acceptors (Lipinski definition) is 3. The van der Waals surface area contributed by atoms with Crippen LogP contribution in [0.4, 0.5) is 0 Å². The largest absolute Gasteiger partial charge is 0.335 e. The number of rotatable bonds is 3. The fourth-order valence-corrected chi connectivity index (χ4v) is 3.31. The molecule has 2 aromatic heterocycles. The molecule has 1 saturated heterocycles. The minimum Gasteiger partial charge on any atom is -0.335 e. The van der Waals surface area contributed by atoms with Crippen LogP contribution in [0.3, 0.4) is 0 Å². The lowest BCUT2D eigenvalue weighted by molar-refractivity contribution is 0.0666. The highest BCUT2D eigenvalue weighted by atomic mass is 16.2. The molecule has 1 aromatic carbocycles. The first-order valence-electron chi connectivity index (χ1n) is 8.62. The molecular weight excluding hydrogens is 314 g/mol. The van der Waals surface area contributed by atoms with Gasteiger partial charge < -0.3 is 4.90 Å². The molecule has 25 heavy (non-hydrogen) atoms. The van der Waals surface area contributed by atoms with Crippen LogP contribution in [0.2, 0.25) is 0 Å². The van der Waals surface area contributed by atoms with E-state index in [9.17, 15) is 4.79 Å². The third-order valence-corrected chi connectivity index (χ3v) is 4.62. The number of piperidine rings is 1. The van der Waals surface area contributed by atoms with Gasteiger partial charge in [0.15, 0.2) is 5.69 Å². The molecule has 0 saturated carbocycles. The fraction of sp³-hybridized carbons (Fsp3) is 0.316. The molecule has 0 N–H and O–H groups in total. The third-order valence-electron chi connectivity index (χ3n) is 4.62. The lowest BCUT2D eigenvalue weighted by atomic mass is 10.1. The monoisotopic (exact) mass is 335 g/mol. The van der Waals surface area contributed by atoms with E-state index in [0.29, 0.717) is 12.2 Å². The summed E-state index contributed by atoms with van der Waals surface area (Å²) in [5.41, 5.74) is 2.58. The Morgan fingerprint density at radius 2 is 2.04 bits per heavy atom. The average molecular weight is 335 g/mol. The first kappa shape index (κ1) is 15.6. The molecule has 3 aromatic rings. The lowest BCUT2D eigenvalue weighted by Gasteiger charge is -2.32. The Labute approximate surface area is 146 Å². The molecule has 4 rings (SSSR count). The standard InChI is InChI=1S/C19H21N5O/c1-15-12-20-24(13-15)17-8-5-10-22(14-17)19(25)18-9-11-23(21-18)16-6-3-2-4-7-16/h2-4,6-7,9,11-13,17H,5,8,10,14H2,1H3. The smallest absolute Gasteiger partial charge is 0.274 e. The van der Waals surface area contributed by atoms with E-state index in [2.05, 4.69) is 10.2 Å². The van der Waals surface area contributed by atoms with Crippen LogP contribution < -0.4 is 0 Å². The number of aromatic nitrogens is 4. The van der Waals surface area contributed by atoms with Crippen molar-refractivity contribution in [1.29, 1.82) is 0 Å². The van der Waals surface area contributed by atoms with Gasteiger partial charge in [-0.1, -0.05) is 18.2 Å². The van der Waals surface area contributed by atoms with Gasteiger partial charge in [0.25, 0.3) is 5.91 Å². The average Bonchev–Trinajstić information content (AvgIpc) is 3.31. The molecular formula is C19H21N5O. The second-order valence-corrected chi connectivity index (χ2v) is 6.53. The molecule has 128 valence electrons. The zero-order valence-corrected chi connectivity index (χ0v) is 14.2. The SMILES string of the molecule is Cc1cnn(C2CCCN(C(=O)c3ccn(-c4ccccc4)n3)C2)c1. The Hall–Kier alpha value is -2.89. The molecule has 1 aliphatic rings. The van der Waals surface area contributed by atoms with Crippen molar-refractivity contribution in [3.05, 3.63) is 66.2 Å². The number of amides is 1. The van der Waals surface area contributed by atoms with E-state index in [4.69, 9.17) is 0 Å². The van der Waals surface area contributed by atoms with Crippen LogP contribution >= 0.6 is 0 Å². The van der Waals surface area contributed by atoms with E-state index in [1.165, 1.54) is 0 Å². The molecule has 1 fully saturated rings. The van der Waals surface area contributed by atoms with Crippen molar-refractivity contribution in [2.45, 2.75) is 25.8 Å². The maximum atomic E-state index is 12.8. The Morgan fingerprint density at radius 3 is 2.80 bits per heavy atom. The van der Waals surface area contributed by atoms with Crippen molar-refractivity contribution < 1.29 is 4.79 Å². The Morgan fingerprint density at radius 1 is 1.20 bits per heavy atom. The zero-order valence-electron chi connectivity index (χ0n) is 14.2. The first-order valence-corrected chi connectivity index (χ1v) is 8.62. The van der Waals surface area contributed by atoms with Crippen molar-refractivity contribution >= 4 is 5.91 Å². The summed E-state index contributed by atoms with van der Waals surface area (Å²) in [5.74, 6) is -0.0109. The van der Waals surface area contributed by atoms with Crippen LogP contribution in [0, 0.1) is 6.92 Å². The van der Waals surface area contributed by atoms with Crippen LogP contribution in [0.25, 0.3) is 5.69 Å². The normalized spacial score (nSPS) is 17.6. The molecule has 0 radical (unpaired) electrons. The Balaban J connectivity index is 1.50. The van der Waals surface area contributed by atoms with E-state index < -0.39 is 0 Å². The van der Waals surface area contributed by atoms with Crippen molar-refractivity contribution in [2.75, 3.05) is 13.1 Å². The highest BCUT2D eigenvalue weighted by Crippen LogP contribution is 2.22. The van der Waals surface area contributed by atoms with Gasteiger partial charge in [-0.2, -0.15) is 10.2 Å². The van der Waals surface area contributed by atoms with E-state index in [1.54, 1.807) is 10.7 Å². The van der Waals surface area contributed by atoms with Crippen molar-refractivity contribution in [2.24, 2.45) is 0 Å². The van der Waals surface area contributed by atoms with Crippen molar-refractivity contribution in [3.63, 3.8) is 0 Å². The predicted molar refractivity (Wildman–Crippen MR) is 94.7 cm³/mol. The predicted octanol–water partition coefficient (Wildman–Crippen LogP) is 2.85. The highest BCUT2D eigenvalue weighted by molar-refractivity contribution is 5.92. The molecule has 0 bridgehead atoms. The summed E-state index contributed by atoms with van der Waals surface area (Å²) in [7, 11) is 0. The molecule has 1 atom stereocenters. The number of benzene rings is 1. The number of carbonyl (C=O) groups is 1. The summed E-state index contributed by atoms with van der Waals surface area (Å²) >= 11 is 0. The molecule has 1 unspecified atom stereocenters. The van der Waals surface area contributed by atoms with E-state index in [1.807, 2.05) is 65.4 Å². The lowest BCUT2D eigenvalue weighted by Crippen LogP contribution is -2.41. The molecule has 6 heteroatoms. The Kier molecular flexibility index (Phi) is 4.09. The van der Waals surface area contributed by atoms with E-state index in [0.717, 1.165) is 30.6 Å². The van der Waals surface area contributed by atoms with Gasteiger partial charge in [-0.15, -0.1) is 0 Å². The number of aryl methyl sites for hydroxylation is 1.